The fraction of sp³-hybridized carbons (Fsp3) is 0.909. The van der Waals surface area contributed by atoms with E-state index in [2.05, 4.69) is 6.92 Å². The third-order valence-electron chi connectivity index (χ3n) is 4.80. The molecule has 0 atom stereocenters. The zero-order chi connectivity index (χ0) is 19.3. The first-order valence-electron chi connectivity index (χ1n) is 11.0. The molecule has 4 nitrogen and oxygen atoms in total. The van der Waals surface area contributed by atoms with Gasteiger partial charge in [0, 0.05) is 0 Å². The van der Waals surface area contributed by atoms with Crippen molar-refractivity contribution in [3.8, 4) is 0 Å². The summed E-state index contributed by atoms with van der Waals surface area (Å²) in [5.74, 6) is -1.35. The van der Waals surface area contributed by atoms with E-state index in [0.717, 1.165) is 12.8 Å². The van der Waals surface area contributed by atoms with Gasteiger partial charge in [0.15, 0.2) is 0 Å². The first kappa shape index (κ1) is 33.6. The van der Waals surface area contributed by atoms with Gasteiger partial charge in [0.1, 0.15) is 0 Å². The van der Waals surface area contributed by atoms with Gasteiger partial charge in [0.05, 0.1) is 19.4 Å². The van der Waals surface area contributed by atoms with Crippen molar-refractivity contribution >= 4 is 11.9 Å². The molecule has 0 radical (unpaired) electrons. The standard InChI is InChI=1S/C22H42O4.2Na.2H/c1-2-3-4-5-6-7-8-9-10-11-12-13-14-15-16-17-20-26-22(25)19-18-21(23)24;;;;/h2-20H2,1H3,(H,23,24);;;;/q;2*+1;2*-1. The van der Waals surface area contributed by atoms with Gasteiger partial charge >= 0.3 is 71.1 Å². The Labute approximate surface area is 220 Å². The van der Waals surface area contributed by atoms with Crippen molar-refractivity contribution in [2.24, 2.45) is 0 Å². The van der Waals surface area contributed by atoms with Crippen LogP contribution in [0.5, 0.6) is 0 Å². The molecule has 0 spiro atoms. The molecule has 0 aliphatic carbocycles. The average molecular weight is 419 g/mol. The van der Waals surface area contributed by atoms with Gasteiger partial charge in [-0.1, -0.05) is 103 Å². The summed E-state index contributed by atoms with van der Waals surface area (Å²) in [6, 6.07) is 0. The van der Waals surface area contributed by atoms with Crippen LogP contribution in [0, 0.1) is 0 Å². The number of hydrogen-bond acceptors (Lipinski definition) is 3. The molecule has 0 aromatic rings. The van der Waals surface area contributed by atoms with Gasteiger partial charge in [-0.3, -0.25) is 9.59 Å². The maximum atomic E-state index is 11.2. The summed E-state index contributed by atoms with van der Waals surface area (Å²) >= 11 is 0. The van der Waals surface area contributed by atoms with Crippen molar-refractivity contribution in [2.75, 3.05) is 6.61 Å². The van der Waals surface area contributed by atoms with Crippen molar-refractivity contribution in [1.29, 1.82) is 0 Å². The van der Waals surface area contributed by atoms with Crippen LogP contribution in [0.15, 0.2) is 0 Å². The number of aliphatic carboxylic acids is 1. The van der Waals surface area contributed by atoms with E-state index in [1.807, 2.05) is 0 Å². The monoisotopic (exact) mass is 418 g/mol. The first-order valence-corrected chi connectivity index (χ1v) is 11.0. The van der Waals surface area contributed by atoms with Crippen molar-refractivity contribution in [1.82, 2.24) is 0 Å². The Morgan fingerprint density at radius 3 is 1.36 bits per heavy atom. The molecule has 0 aliphatic rings. The number of hydrogen-bond donors (Lipinski definition) is 1. The maximum absolute atomic E-state index is 11.2. The summed E-state index contributed by atoms with van der Waals surface area (Å²) in [7, 11) is 0. The van der Waals surface area contributed by atoms with Crippen LogP contribution in [-0.2, 0) is 14.3 Å². The molecule has 0 saturated heterocycles. The zero-order valence-electron chi connectivity index (χ0n) is 21.1. The second-order valence-corrected chi connectivity index (χ2v) is 7.42. The minimum absolute atomic E-state index is 0. The Morgan fingerprint density at radius 2 is 1.00 bits per heavy atom. The Hall–Kier alpha value is 0.940. The van der Waals surface area contributed by atoms with Gasteiger partial charge in [-0.25, -0.2) is 0 Å². The van der Waals surface area contributed by atoms with E-state index >= 15 is 0 Å². The summed E-state index contributed by atoms with van der Waals surface area (Å²) in [5, 5.41) is 8.47. The minimum Gasteiger partial charge on any atom is -1.00 e. The molecular formula is C22H44Na2O4. The van der Waals surface area contributed by atoms with Crippen molar-refractivity contribution in [3.63, 3.8) is 0 Å². The van der Waals surface area contributed by atoms with E-state index in [9.17, 15) is 9.59 Å². The van der Waals surface area contributed by atoms with Crippen LogP contribution in [-0.4, -0.2) is 23.7 Å². The predicted octanol–water partition coefficient (Wildman–Crippen LogP) is 0.889. The number of unbranched alkanes of at least 4 members (excludes halogenated alkanes) is 15. The number of ether oxygens (including phenoxy) is 1. The van der Waals surface area contributed by atoms with E-state index in [4.69, 9.17) is 9.84 Å². The smallest absolute Gasteiger partial charge is 1.00 e. The van der Waals surface area contributed by atoms with Crippen LogP contribution in [0.2, 0.25) is 0 Å². The number of carbonyl (C=O) groups excluding carboxylic acids is 1. The number of carboxylic acids is 1. The quantitative estimate of drug-likeness (QED) is 0.181. The minimum atomic E-state index is -0.954. The molecule has 1 N–H and O–H groups in total. The number of carboxylic acid groups (broad SMARTS) is 1. The summed E-state index contributed by atoms with van der Waals surface area (Å²) in [5.41, 5.74) is 0. The molecule has 0 aliphatic heterocycles. The number of esters is 1. The molecule has 0 fully saturated rings. The van der Waals surface area contributed by atoms with Gasteiger partial charge in [-0.15, -0.1) is 0 Å². The third-order valence-corrected chi connectivity index (χ3v) is 4.80. The van der Waals surface area contributed by atoms with Gasteiger partial charge in [-0.2, -0.15) is 0 Å². The Kier molecular flexibility index (Phi) is 33.5. The fourth-order valence-corrected chi connectivity index (χ4v) is 3.12. The Bertz CT molecular complexity index is 349. The van der Waals surface area contributed by atoms with Crippen molar-refractivity contribution in [3.05, 3.63) is 0 Å². The van der Waals surface area contributed by atoms with Crippen LogP contribution < -0.4 is 59.1 Å². The van der Waals surface area contributed by atoms with E-state index in [0.29, 0.717) is 6.61 Å². The second kappa shape index (κ2) is 27.9. The molecule has 6 heteroatoms. The van der Waals surface area contributed by atoms with E-state index in [1.54, 1.807) is 0 Å². The van der Waals surface area contributed by atoms with Crippen LogP contribution >= 0.6 is 0 Å². The molecule has 0 saturated carbocycles. The summed E-state index contributed by atoms with van der Waals surface area (Å²) in [6.45, 7) is 2.70. The van der Waals surface area contributed by atoms with Crippen LogP contribution in [0.3, 0.4) is 0 Å². The van der Waals surface area contributed by atoms with Crippen LogP contribution in [0.1, 0.15) is 125 Å². The number of rotatable bonds is 20. The molecule has 0 bridgehead atoms. The molecule has 28 heavy (non-hydrogen) atoms. The molecule has 0 aromatic carbocycles. The normalized spacial score (nSPS) is 10.0. The van der Waals surface area contributed by atoms with Crippen molar-refractivity contribution < 1.29 is 81.4 Å². The average Bonchev–Trinajstić information content (AvgIpc) is 2.62. The van der Waals surface area contributed by atoms with Gasteiger partial charge in [0.2, 0.25) is 0 Å². The molecular weight excluding hydrogens is 374 g/mol. The molecule has 0 unspecified atom stereocenters. The third kappa shape index (κ3) is 29.1. The second-order valence-electron chi connectivity index (χ2n) is 7.42. The fourth-order valence-electron chi connectivity index (χ4n) is 3.12. The molecule has 158 valence electrons. The summed E-state index contributed by atoms with van der Waals surface area (Å²) in [6.07, 6.45) is 21.0. The van der Waals surface area contributed by atoms with Gasteiger partial charge in [0.25, 0.3) is 0 Å². The van der Waals surface area contributed by atoms with Crippen LogP contribution in [0.4, 0.5) is 0 Å². The molecule has 0 heterocycles. The van der Waals surface area contributed by atoms with E-state index in [-0.39, 0.29) is 74.8 Å². The van der Waals surface area contributed by atoms with Crippen molar-refractivity contribution in [2.45, 2.75) is 122 Å². The number of carbonyl (C=O) groups is 2. The Morgan fingerprint density at radius 1 is 0.643 bits per heavy atom. The van der Waals surface area contributed by atoms with Gasteiger partial charge in [-0.05, 0) is 6.42 Å². The summed E-state index contributed by atoms with van der Waals surface area (Å²) in [4.78, 5) is 21.6. The molecule has 0 rings (SSSR count). The van der Waals surface area contributed by atoms with Gasteiger partial charge < -0.3 is 12.7 Å². The molecule has 0 aromatic heterocycles. The zero-order valence-corrected chi connectivity index (χ0v) is 23.1. The maximum Gasteiger partial charge on any atom is 1.00 e. The summed E-state index contributed by atoms with van der Waals surface area (Å²) < 4.78 is 5.01. The molecule has 0 amide bonds. The SMILES string of the molecule is CCCCCCCCCCCCCCCCCCOC(=O)CCC(=O)O.[H-].[H-].[Na+].[Na+]. The van der Waals surface area contributed by atoms with E-state index in [1.165, 1.54) is 89.9 Å². The first-order chi connectivity index (χ1) is 12.7. The largest absolute Gasteiger partial charge is 1.00 e. The Balaban J connectivity index is -0.000000521. The van der Waals surface area contributed by atoms with E-state index < -0.39 is 11.9 Å². The topological polar surface area (TPSA) is 63.6 Å². The van der Waals surface area contributed by atoms with Crippen LogP contribution in [0.25, 0.3) is 0 Å². The predicted molar refractivity (Wildman–Crippen MR) is 110 cm³/mol.